The summed E-state index contributed by atoms with van der Waals surface area (Å²) in [4.78, 5) is 3.25. The molecule has 2 aromatic heterocycles. The molecule has 0 aliphatic carbocycles. The van der Waals surface area contributed by atoms with Crippen molar-refractivity contribution in [1.82, 2.24) is 15.2 Å². The minimum Gasteiger partial charge on any atom is -0.508 e. The van der Waals surface area contributed by atoms with Crippen LogP contribution in [0.1, 0.15) is 0 Å². The molecular weight excluding hydrogens is 202 g/mol. The van der Waals surface area contributed by atoms with Crippen LogP contribution in [0, 0.1) is 0 Å². The molecule has 0 fully saturated rings. The third kappa shape index (κ3) is 1.40. The molecule has 0 bridgehead atoms. The molecule has 0 amide bonds. The van der Waals surface area contributed by atoms with E-state index < -0.39 is 0 Å². The summed E-state index contributed by atoms with van der Waals surface area (Å²) in [6, 6.07) is 9.06. The Balaban J connectivity index is 2.15. The van der Waals surface area contributed by atoms with Crippen molar-refractivity contribution in [3.05, 3.63) is 42.7 Å². The van der Waals surface area contributed by atoms with Gasteiger partial charge in [0.05, 0.1) is 17.9 Å². The molecule has 2 N–H and O–H groups in total. The number of rotatable bonds is 1. The zero-order valence-electron chi connectivity index (χ0n) is 8.38. The zero-order valence-corrected chi connectivity index (χ0v) is 8.38. The van der Waals surface area contributed by atoms with Gasteiger partial charge in [0.15, 0.2) is 0 Å². The highest BCUT2D eigenvalue weighted by molar-refractivity contribution is 5.84. The number of aromatic nitrogens is 3. The maximum absolute atomic E-state index is 9.21. The summed E-state index contributed by atoms with van der Waals surface area (Å²) in [6.07, 6.45) is 3.41. The normalized spacial score (nSPS) is 10.8. The Morgan fingerprint density at radius 2 is 1.75 bits per heavy atom. The second-order valence-corrected chi connectivity index (χ2v) is 3.59. The van der Waals surface area contributed by atoms with Crippen molar-refractivity contribution in [2.75, 3.05) is 0 Å². The van der Waals surface area contributed by atoms with Gasteiger partial charge in [0.1, 0.15) is 5.75 Å². The zero-order chi connectivity index (χ0) is 11.0. The lowest BCUT2D eigenvalue weighted by atomic mass is 10.1. The molecule has 4 heteroatoms. The van der Waals surface area contributed by atoms with Crippen molar-refractivity contribution in [1.29, 1.82) is 0 Å². The topological polar surface area (TPSA) is 61.8 Å². The highest BCUT2D eigenvalue weighted by Crippen LogP contribution is 2.24. The second-order valence-electron chi connectivity index (χ2n) is 3.59. The van der Waals surface area contributed by atoms with Crippen molar-refractivity contribution >= 4 is 10.9 Å². The van der Waals surface area contributed by atoms with Crippen molar-refractivity contribution < 1.29 is 5.11 Å². The fourth-order valence-corrected chi connectivity index (χ4v) is 1.68. The van der Waals surface area contributed by atoms with Crippen LogP contribution in [-0.2, 0) is 0 Å². The minimum atomic E-state index is 0.267. The SMILES string of the molecule is Oc1ccc(-c2cc3cnncc3[nH]2)cc1. The molecule has 78 valence electrons. The minimum absolute atomic E-state index is 0.267. The average molecular weight is 211 g/mol. The summed E-state index contributed by atoms with van der Waals surface area (Å²) in [7, 11) is 0. The summed E-state index contributed by atoms with van der Waals surface area (Å²) in [5, 5.41) is 17.9. The van der Waals surface area contributed by atoms with Crippen LogP contribution >= 0.6 is 0 Å². The van der Waals surface area contributed by atoms with Crippen molar-refractivity contribution in [2.24, 2.45) is 0 Å². The number of aromatic amines is 1. The van der Waals surface area contributed by atoms with Crippen LogP contribution in [0.25, 0.3) is 22.2 Å². The molecule has 1 aromatic carbocycles. The number of fused-ring (bicyclic) bond motifs is 1. The number of benzene rings is 1. The predicted octanol–water partition coefficient (Wildman–Crippen LogP) is 2.33. The van der Waals surface area contributed by atoms with Crippen LogP contribution in [0.15, 0.2) is 42.7 Å². The molecule has 4 nitrogen and oxygen atoms in total. The number of aromatic hydroxyl groups is 1. The molecule has 0 saturated carbocycles. The number of phenols is 1. The smallest absolute Gasteiger partial charge is 0.115 e. The van der Waals surface area contributed by atoms with E-state index in [2.05, 4.69) is 15.2 Å². The fraction of sp³-hybridized carbons (Fsp3) is 0. The highest BCUT2D eigenvalue weighted by atomic mass is 16.3. The monoisotopic (exact) mass is 211 g/mol. The first kappa shape index (κ1) is 8.91. The molecule has 0 aliphatic rings. The molecule has 0 radical (unpaired) electrons. The number of phenolic OH excluding ortho intramolecular Hbond substituents is 1. The van der Waals surface area contributed by atoms with Gasteiger partial charge in [-0.3, -0.25) is 0 Å². The highest BCUT2D eigenvalue weighted by Gasteiger charge is 2.03. The molecule has 0 saturated heterocycles. The first-order valence-electron chi connectivity index (χ1n) is 4.92. The molecule has 3 aromatic rings. The van der Waals surface area contributed by atoms with Gasteiger partial charge in [0.25, 0.3) is 0 Å². The second kappa shape index (κ2) is 3.34. The van der Waals surface area contributed by atoms with E-state index in [1.807, 2.05) is 18.2 Å². The lowest BCUT2D eigenvalue weighted by molar-refractivity contribution is 0.475. The van der Waals surface area contributed by atoms with Crippen LogP contribution in [0.4, 0.5) is 0 Å². The largest absolute Gasteiger partial charge is 0.508 e. The van der Waals surface area contributed by atoms with E-state index in [1.54, 1.807) is 24.5 Å². The Bertz CT molecular complexity index is 595. The van der Waals surface area contributed by atoms with Gasteiger partial charge in [-0.1, -0.05) is 0 Å². The Hall–Kier alpha value is -2.36. The van der Waals surface area contributed by atoms with Gasteiger partial charge in [-0.05, 0) is 35.9 Å². The van der Waals surface area contributed by atoms with Crippen LogP contribution in [-0.4, -0.2) is 20.3 Å². The summed E-state index contributed by atoms with van der Waals surface area (Å²) in [6.45, 7) is 0. The standard InChI is InChI=1S/C12H9N3O/c16-10-3-1-8(2-4-10)11-5-9-6-13-14-7-12(9)15-11/h1-7,15-16H. The number of hydrogen-bond donors (Lipinski definition) is 2. The van der Waals surface area contributed by atoms with E-state index in [1.165, 1.54) is 0 Å². The number of nitrogens with one attached hydrogen (secondary N) is 1. The lowest BCUT2D eigenvalue weighted by Crippen LogP contribution is -1.77. The quantitative estimate of drug-likeness (QED) is 0.649. The molecule has 3 rings (SSSR count). The van der Waals surface area contributed by atoms with Crippen molar-refractivity contribution in [2.45, 2.75) is 0 Å². The van der Waals surface area contributed by atoms with Crippen LogP contribution in [0.5, 0.6) is 5.75 Å². The summed E-state index contributed by atoms with van der Waals surface area (Å²) in [5.41, 5.74) is 2.97. The summed E-state index contributed by atoms with van der Waals surface area (Å²) >= 11 is 0. The van der Waals surface area contributed by atoms with Gasteiger partial charge < -0.3 is 10.1 Å². The Morgan fingerprint density at radius 3 is 2.50 bits per heavy atom. The number of nitrogens with zero attached hydrogens (tertiary/aromatic N) is 2. The van der Waals surface area contributed by atoms with Gasteiger partial charge >= 0.3 is 0 Å². The van der Waals surface area contributed by atoms with Gasteiger partial charge in [0.2, 0.25) is 0 Å². The predicted molar refractivity (Wildman–Crippen MR) is 61.0 cm³/mol. The van der Waals surface area contributed by atoms with Crippen LogP contribution < -0.4 is 0 Å². The molecular formula is C12H9N3O. The maximum Gasteiger partial charge on any atom is 0.115 e. The van der Waals surface area contributed by atoms with E-state index in [4.69, 9.17) is 0 Å². The molecule has 16 heavy (non-hydrogen) atoms. The Kier molecular flexibility index (Phi) is 1.86. The van der Waals surface area contributed by atoms with E-state index in [-0.39, 0.29) is 5.75 Å². The maximum atomic E-state index is 9.21. The van der Waals surface area contributed by atoms with E-state index in [9.17, 15) is 5.11 Å². The van der Waals surface area contributed by atoms with Gasteiger partial charge in [-0.2, -0.15) is 10.2 Å². The average Bonchev–Trinajstić information content (AvgIpc) is 2.73. The number of hydrogen-bond acceptors (Lipinski definition) is 3. The number of H-pyrrole nitrogens is 1. The molecule has 0 atom stereocenters. The lowest BCUT2D eigenvalue weighted by Gasteiger charge is -1.97. The first-order valence-corrected chi connectivity index (χ1v) is 4.92. The van der Waals surface area contributed by atoms with Crippen LogP contribution in [0.2, 0.25) is 0 Å². The Morgan fingerprint density at radius 1 is 1.00 bits per heavy atom. The van der Waals surface area contributed by atoms with Crippen LogP contribution in [0.3, 0.4) is 0 Å². The van der Waals surface area contributed by atoms with Crippen molar-refractivity contribution in [3.8, 4) is 17.0 Å². The first-order chi connectivity index (χ1) is 7.83. The molecule has 2 heterocycles. The van der Waals surface area contributed by atoms with Gasteiger partial charge in [-0.15, -0.1) is 0 Å². The van der Waals surface area contributed by atoms with Crippen molar-refractivity contribution in [3.63, 3.8) is 0 Å². The summed E-state index contributed by atoms with van der Waals surface area (Å²) < 4.78 is 0. The van der Waals surface area contributed by atoms with Gasteiger partial charge in [-0.25, -0.2) is 0 Å². The Labute approximate surface area is 91.6 Å². The van der Waals surface area contributed by atoms with E-state index in [0.29, 0.717) is 0 Å². The third-order valence-corrected chi connectivity index (χ3v) is 2.51. The third-order valence-electron chi connectivity index (χ3n) is 2.51. The fourth-order valence-electron chi connectivity index (χ4n) is 1.68. The van der Waals surface area contributed by atoms with Gasteiger partial charge in [0, 0.05) is 11.1 Å². The molecule has 0 aliphatic heterocycles. The van der Waals surface area contributed by atoms with E-state index in [0.717, 1.165) is 22.2 Å². The van der Waals surface area contributed by atoms with E-state index >= 15 is 0 Å². The molecule has 0 unspecified atom stereocenters. The summed E-state index contributed by atoms with van der Waals surface area (Å²) in [5.74, 6) is 0.267. The molecule has 0 spiro atoms.